The van der Waals surface area contributed by atoms with Crippen LogP contribution in [0.4, 0.5) is 10.3 Å². The Kier molecular flexibility index (Phi) is 6.80. The minimum atomic E-state index is -0.212. The number of anilines is 1. The highest BCUT2D eigenvalue weighted by atomic mass is 19.1. The Balaban J connectivity index is 1.26. The number of rotatable bonds is 7. The molecule has 0 radical (unpaired) electrons. The summed E-state index contributed by atoms with van der Waals surface area (Å²) < 4.78 is 16.5. The molecule has 2 heterocycles. The summed E-state index contributed by atoms with van der Waals surface area (Å²) in [6, 6.07) is 25.1. The van der Waals surface area contributed by atoms with E-state index in [0.29, 0.717) is 18.7 Å². The average Bonchev–Trinajstić information content (AvgIpc) is 3.27. The molecule has 1 atom stereocenters. The van der Waals surface area contributed by atoms with Crippen LogP contribution in [0.15, 0.2) is 78.9 Å². The molecule has 1 aliphatic rings. The molecule has 6 heteroatoms. The third kappa shape index (κ3) is 5.06. The molecule has 4 aromatic rings. The standard InChI is InChI=1S/C29H31FN4O/c1-21(22-9-3-2-4-10-22)19-31-28(35)23-15-17-33(18-16-23)29-32-26-13-7-8-14-27(26)34(29)20-24-11-5-6-12-25(24)30/h2-14,21,23H,15-20H2,1H3,(H,31,35). The second-order valence-electron chi connectivity index (χ2n) is 9.40. The van der Waals surface area contributed by atoms with Crippen LogP contribution in [0.5, 0.6) is 0 Å². The van der Waals surface area contributed by atoms with Gasteiger partial charge in [0.1, 0.15) is 5.82 Å². The zero-order valence-corrected chi connectivity index (χ0v) is 20.0. The Labute approximate surface area is 205 Å². The average molecular weight is 471 g/mol. The van der Waals surface area contributed by atoms with Crippen molar-refractivity contribution >= 4 is 22.9 Å². The lowest BCUT2D eigenvalue weighted by Gasteiger charge is -2.32. The number of fused-ring (bicyclic) bond motifs is 1. The zero-order chi connectivity index (χ0) is 24.2. The summed E-state index contributed by atoms with van der Waals surface area (Å²) in [6.07, 6.45) is 1.54. The van der Waals surface area contributed by atoms with E-state index in [0.717, 1.165) is 42.9 Å². The number of nitrogens with zero attached hydrogens (tertiary/aromatic N) is 3. The molecule has 1 saturated heterocycles. The molecule has 0 spiro atoms. The minimum absolute atomic E-state index is 0.00128. The van der Waals surface area contributed by atoms with Gasteiger partial charge in [-0.05, 0) is 42.5 Å². The highest BCUT2D eigenvalue weighted by molar-refractivity contribution is 5.80. The van der Waals surface area contributed by atoms with Crippen LogP contribution in [-0.4, -0.2) is 35.1 Å². The van der Waals surface area contributed by atoms with Crippen LogP contribution in [0.1, 0.15) is 36.8 Å². The molecule has 1 amide bonds. The molecule has 1 aliphatic heterocycles. The number of piperidine rings is 1. The van der Waals surface area contributed by atoms with E-state index in [-0.39, 0.29) is 23.6 Å². The van der Waals surface area contributed by atoms with Gasteiger partial charge in [-0.25, -0.2) is 9.37 Å². The molecule has 0 aliphatic carbocycles. The number of amides is 1. The molecule has 0 saturated carbocycles. The van der Waals surface area contributed by atoms with E-state index in [1.54, 1.807) is 6.07 Å². The summed E-state index contributed by atoms with van der Waals surface area (Å²) in [5, 5.41) is 3.16. The highest BCUT2D eigenvalue weighted by Crippen LogP contribution is 2.28. The number of nitrogens with one attached hydrogen (secondary N) is 1. The lowest BCUT2D eigenvalue weighted by atomic mass is 9.95. The molecular formula is C29H31FN4O. The van der Waals surface area contributed by atoms with Crippen molar-refractivity contribution in [3.63, 3.8) is 0 Å². The van der Waals surface area contributed by atoms with E-state index in [1.165, 1.54) is 11.6 Å². The van der Waals surface area contributed by atoms with Crippen LogP contribution in [0.2, 0.25) is 0 Å². The van der Waals surface area contributed by atoms with Crippen molar-refractivity contribution in [1.29, 1.82) is 0 Å². The Morgan fingerprint density at radius 3 is 2.46 bits per heavy atom. The summed E-state index contributed by atoms with van der Waals surface area (Å²) in [7, 11) is 0. The Hall–Kier alpha value is -3.67. The first-order valence-corrected chi connectivity index (χ1v) is 12.4. The third-order valence-electron chi connectivity index (χ3n) is 7.02. The molecular weight excluding hydrogens is 439 g/mol. The van der Waals surface area contributed by atoms with Gasteiger partial charge in [0.05, 0.1) is 17.6 Å². The molecule has 1 aromatic heterocycles. The maximum atomic E-state index is 14.4. The number of carbonyl (C=O) groups is 1. The van der Waals surface area contributed by atoms with Gasteiger partial charge in [0.15, 0.2) is 0 Å². The van der Waals surface area contributed by atoms with Crippen molar-refractivity contribution in [2.45, 2.75) is 32.2 Å². The number of aromatic nitrogens is 2. The zero-order valence-electron chi connectivity index (χ0n) is 20.0. The molecule has 3 aromatic carbocycles. The summed E-state index contributed by atoms with van der Waals surface area (Å²) in [5.74, 6) is 1.03. The fraction of sp³-hybridized carbons (Fsp3) is 0.310. The van der Waals surface area contributed by atoms with Gasteiger partial charge >= 0.3 is 0 Å². The number of para-hydroxylation sites is 2. The van der Waals surface area contributed by atoms with Gasteiger partial charge in [0, 0.05) is 31.1 Å². The Morgan fingerprint density at radius 2 is 1.69 bits per heavy atom. The summed E-state index contributed by atoms with van der Waals surface area (Å²) in [6.45, 7) is 4.68. The van der Waals surface area contributed by atoms with Gasteiger partial charge in [-0.3, -0.25) is 4.79 Å². The first-order valence-electron chi connectivity index (χ1n) is 12.4. The van der Waals surface area contributed by atoms with Crippen LogP contribution < -0.4 is 10.2 Å². The summed E-state index contributed by atoms with van der Waals surface area (Å²) in [5.41, 5.74) is 3.75. The Morgan fingerprint density at radius 1 is 1.00 bits per heavy atom. The molecule has 35 heavy (non-hydrogen) atoms. The van der Waals surface area contributed by atoms with Crippen molar-refractivity contribution < 1.29 is 9.18 Å². The maximum Gasteiger partial charge on any atom is 0.223 e. The van der Waals surface area contributed by atoms with E-state index in [2.05, 4.69) is 33.8 Å². The lowest BCUT2D eigenvalue weighted by molar-refractivity contribution is -0.125. The van der Waals surface area contributed by atoms with Gasteiger partial charge in [-0.2, -0.15) is 0 Å². The van der Waals surface area contributed by atoms with Crippen LogP contribution in [0.25, 0.3) is 11.0 Å². The van der Waals surface area contributed by atoms with Crippen LogP contribution in [-0.2, 0) is 11.3 Å². The second kappa shape index (κ2) is 10.3. The van der Waals surface area contributed by atoms with E-state index < -0.39 is 0 Å². The summed E-state index contributed by atoms with van der Waals surface area (Å²) in [4.78, 5) is 20.0. The SMILES string of the molecule is CC(CNC(=O)C1CCN(c2nc3ccccc3n2Cc2ccccc2F)CC1)c1ccccc1. The maximum absolute atomic E-state index is 14.4. The smallest absolute Gasteiger partial charge is 0.223 e. The molecule has 180 valence electrons. The number of carbonyl (C=O) groups excluding carboxylic acids is 1. The summed E-state index contributed by atoms with van der Waals surface area (Å²) >= 11 is 0. The molecule has 0 bridgehead atoms. The number of halogens is 1. The molecule has 5 rings (SSSR count). The normalized spacial score (nSPS) is 15.3. The van der Waals surface area contributed by atoms with E-state index in [9.17, 15) is 9.18 Å². The number of benzene rings is 3. The van der Waals surface area contributed by atoms with E-state index >= 15 is 0 Å². The van der Waals surface area contributed by atoms with E-state index in [1.807, 2.05) is 54.6 Å². The quantitative estimate of drug-likeness (QED) is 0.396. The van der Waals surface area contributed by atoms with Crippen molar-refractivity contribution in [2.75, 3.05) is 24.5 Å². The van der Waals surface area contributed by atoms with Gasteiger partial charge in [0.2, 0.25) is 11.9 Å². The third-order valence-corrected chi connectivity index (χ3v) is 7.02. The van der Waals surface area contributed by atoms with Crippen molar-refractivity contribution in [3.8, 4) is 0 Å². The van der Waals surface area contributed by atoms with E-state index in [4.69, 9.17) is 4.98 Å². The van der Waals surface area contributed by atoms with Gasteiger partial charge in [-0.1, -0.05) is 67.6 Å². The molecule has 1 N–H and O–H groups in total. The van der Waals surface area contributed by atoms with Gasteiger partial charge in [-0.15, -0.1) is 0 Å². The van der Waals surface area contributed by atoms with Crippen LogP contribution in [0.3, 0.4) is 0 Å². The second-order valence-corrected chi connectivity index (χ2v) is 9.40. The lowest BCUT2D eigenvalue weighted by Crippen LogP contribution is -2.42. The fourth-order valence-corrected chi connectivity index (χ4v) is 4.90. The Bertz CT molecular complexity index is 1290. The number of hydrogen-bond donors (Lipinski definition) is 1. The molecule has 5 nitrogen and oxygen atoms in total. The monoisotopic (exact) mass is 470 g/mol. The van der Waals surface area contributed by atoms with Crippen molar-refractivity contribution in [2.24, 2.45) is 5.92 Å². The highest BCUT2D eigenvalue weighted by Gasteiger charge is 2.28. The van der Waals surface area contributed by atoms with Gasteiger partial charge < -0.3 is 14.8 Å². The van der Waals surface area contributed by atoms with Crippen molar-refractivity contribution in [1.82, 2.24) is 14.9 Å². The molecule has 1 unspecified atom stereocenters. The molecule has 1 fully saturated rings. The predicted octanol–water partition coefficient (Wildman–Crippen LogP) is 5.36. The van der Waals surface area contributed by atoms with Crippen LogP contribution >= 0.6 is 0 Å². The first kappa shape index (κ1) is 23.1. The predicted molar refractivity (Wildman–Crippen MR) is 138 cm³/mol. The number of imidazole rings is 1. The minimum Gasteiger partial charge on any atom is -0.355 e. The van der Waals surface area contributed by atoms with Crippen LogP contribution in [0, 0.1) is 11.7 Å². The topological polar surface area (TPSA) is 50.2 Å². The number of hydrogen-bond acceptors (Lipinski definition) is 3. The largest absolute Gasteiger partial charge is 0.355 e. The fourth-order valence-electron chi connectivity index (χ4n) is 4.90. The van der Waals surface area contributed by atoms with Crippen molar-refractivity contribution in [3.05, 3.63) is 95.8 Å². The van der Waals surface area contributed by atoms with Gasteiger partial charge in [0.25, 0.3) is 0 Å². The first-order chi connectivity index (χ1) is 17.1.